The average Bonchev–Trinajstić information content (AvgIpc) is 3.38. The van der Waals surface area contributed by atoms with Crippen LogP contribution in [0.5, 0.6) is 0 Å². The van der Waals surface area contributed by atoms with Crippen LogP contribution in [0.4, 0.5) is 5.69 Å². The molecule has 3 heterocycles. The number of nitrogens with one attached hydrogen (secondary N) is 1. The Balaban J connectivity index is 1.40. The minimum atomic E-state index is 0.251. The van der Waals surface area contributed by atoms with E-state index in [1.54, 1.807) is 11.3 Å². The van der Waals surface area contributed by atoms with Crippen LogP contribution >= 0.6 is 22.7 Å². The van der Waals surface area contributed by atoms with Crippen LogP contribution in [0.1, 0.15) is 27.2 Å². The molecular weight excluding hydrogens is 374 g/mol. The van der Waals surface area contributed by atoms with Crippen molar-refractivity contribution in [1.82, 2.24) is 10.3 Å². The molecule has 3 aromatic rings. The van der Waals surface area contributed by atoms with Crippen molar-refractivity contribution in [2.45, 2.75) is 25.9 Å². The van der Waals surface area contributed by atoms with Crippen LogP contribution in [0, 0.1) is 6.92 Å². The summed E-state index contributed by atoms with van der Waals surface area (Å²) in [7, 11) is 0. The van der Waals surface area contributed by atoms with Gasteiger partial charge >= 0.3 is 0 Å². The van der Waals surface area contributed by atoms with E-state index in [1.807, 2.05) is 11.3 Å². The van der Waals surface area contributed by atoms with Gasteiger partial charge in [0, 0.05) is 47.7 Å². The molecule has 0 spiro atoms. The second-order valence-electron chi connectivity index (χ2n) is 6.81. The summed E-state index contributed by atoms with van der Waals surface area (Å²) in [5.41, 5.74) is 3.69. The second kappa shape index (κ2) is 8.97. The summed E-state index contributed by atoms with van der Waals surface area (Å²) in [5.74, 6) is 0. The molecule has 1 saturated heterocycles. The first-order chi connectivity index (χ1) is 13.3. The fourth-order valence-electron chi connectivity index (χ4n) is 3.30. The second-order valence-corrected chi connectivity index (χ2v) is 8.73. The van der Waals surface area contributed by atoms with Gasteiger partial charge in [0.1, 0.15) is 5.01 Å². The lowest BCUT2D eigenvalue weighted by Crippen LogP contribution is -2.36. The Hall–Kier alpha value is -1.73. The summed E-state index contributed by atoms with van der Waals surface area (Å²) in [5, 5.41) is 9.17. The van der Waals surface area contributed by atoms with Gasteiger partial charge in [-0.2, -0.15) is 0 Å². The molecule has 1 aliphatic heterocycles. The number of aryl methyl sites for hydroxylation is 1. The normalized spacial score (nSPS) is 15.8. The van der Waals surface area contributed by atoms with E-state index in [4.69, 9.17) is 9.72 Å². The molecule has 1 aromatic carbocycles. The van der Waals surface area contributed by atoms with Crippen molar-refractivity contribution in [1.29, 1.82) is 0 Å². The third-order valence-corrected chi connectivity index (χ3v) is 6.76. The van der Waals surface area contributed by atoms with E-state index in [9.17, 15) is 0 Å². The molecule has 2 aromatic heterocycles. The van der Waals surface area contributed by atoms with Crippen LogP contribution in [0.2, 0.25) is 0 Å². The summed E-state index contributed by atoms with van der Waals surface area (Å²) in [6.45, 7) is 6.50. The highest BCUT2D eigenvalue weighted by atomic mass is 32.1. The van der Waals surface area contributed by atoms with Crippen LogP contribution in [-0.2, 0) is 17.7 Å². The fourth-order valence-corrected chi connectivity index (χ4v) is 4.92. The Morgan fingerprint density at radius 1 is 1.15 bits per heavy atom. The summed E-state index contributed by atoms with van der Waals surface area (Å²) in [4.78, 5) is 8.50. The molecule has 4 rings (SSSR count). The number of ether oxygens (including phenoxy) is 1. The predicted octanol–water partition coefficient (Wildman–Crippen LogP) is 4.42. The fraction of sp³-hybridized carbons (Fsp3) is 0.381. The molecule has 0 bridgehead atoms. The number of hydrogen-bond acceptors (Lipinski definition) is 6. The summed E-state index contributed by atoms with van der Waals surface area (Å²) < 4.78 is 5.44. The zero-order valence-corrected chi connectivity index (χ0v) is 17.2. The molecule has 0 aliphatic carbocycles. The standard InChI is InChI=1S/C21H25N3OS2/c1-16-15-27-21(23-16)20(13-19-3-2-12-26-19)22-14-17-4-6-18(7-5-17)24-8-10-25-11-9-24/h2-7,12,15,20,22H,8-11,13-14H2,1H3/t20-/m0/s1. The van der Waals surface area contributed by atoms with Crippen molar-refractivity contribution in [3.8, 4) is 0 Å². The predicted molar refractivity (Wildman–Crippen MR) is 114 cm³/mol. The quantitative estimate of drug-likeness (QED) is 0.638. The van der Waals surface area contributed by atoms with E-state index >= 15 is 0 Å². The molecule has 142 valence electrons. The van der Waals surface area contributed by atoms with E-state index in [2.05, 4.69) is 64.3 Å². The van der Waals surface area contributed by atoms with Gasteiger partial charge in [0.15, 0.2) is 0 Å². The minimum Gasteiger partial charge on any atom is -0.378 e. The van der Waals surface area contributed by atoms with Gasteiger partial charge in [-0.25, -0.2) is 4.98 Å². The van der Waals surface area contributed by atoms with Crippen molar-refractivity contribution in [2.24, 2.45) is 0 Å². The van der Waals surface area contributed by atoms with Crippen LogP contribution in [0.3, 0.4) is 0 Å². The number of benzene rings is 1. The maximum absolute atomic E-state index is 5.44. The van der Waals surface area contributed by atoms with Gasteiger partial charge in [0.25, 0.3) is 0 Å². The van der Waals surface area contributed by atoms with Crippen LogP contribution in [-0.4, -0.2) is 31.3 Å². The number of rotatable bonds is 7. The van der Waals surface area contributed by atoms with E-state index in [1.165, 1.54) is 21.1 Å². The van der Waals surface area contributed by atoms with Gasteiger partial charge in [0.05, 0.1) is 19.3 Å². The smallest absolute Gasteiger partial charge is 0.110 e. The lowest BCUT2D eigenvalue weighted by molar-refractivity contribution is 0.122. The number of thiazole rings is 1. The van der Waals surface area contributed by atoms with Crippen LogP contribution < -0.4 is 10.2 Å². The Morgan fingerprint density at radius 2 is 1.96 bits per heavy atom. The molecule has 0 amide bonds. The van der Waals surface area contributed by atoms with E-state index in [0.717, 1.165) is 45.0 Å². The lowest BCUT2D eigenvalue weighted by atomic mass is 10.1. The lowest BCUT2D eigenvalue weighted by Gasteiger charge is -2.29. The largest absolute Gasteiger partial charge is 0.378 e. The van der Waals surface area contributed by atoms with Crippen molar-refractivity contribution >= 4 is 28.4 Å². The highest BCUT2D eigenvalue weighted by Crippen LogP contribution is 2.25. The molecule has 1 aliphatic rings. The summed E-state index contributed by atoms with van der Waals surface area (Å²) in [6.07, 6.45) is 0.983. The van der Waals surface area contributed by atoms with Crippen molar-refractivity contribution < 1.29 is 4.74 Å². The summed E-state index contributed by atoms with van der Waals surface area (Å²) in [6, 6.07) is 13.5. The first kappa shape index (κ1) is 18.6. The molecule has 6 heteroatoms. The van der Waals surface area contributed by atoms with Crippen LogP contribution in [0.25, 0.3) is 0 Å². The zero-order valence-electron chi connectivity index (χ0n) is 15.6. The topological polar surface area (TPSA) is 37.4 Å². The minimum absolute atomic E-state index is 0.251. The Kier molecular flexibility index (Phi) is 6.19. The molecule has 27 heavy (non-hydrogen) atoms. The van der Waals surface area contributed by atoms with Crippen LogP contribution in [0.15, 0.2) is 47.2 Å². The first-order valence-electron chi connectivity index (χ1n) is 9.37. The van der Waals surface area contributed by atoms with Gasteiger partial charge in [-0.15, -0.1) is 22.7 Å². The van der Waals surface area contributed by atoms with Crippen molar-refractivity contribution in [2.75, 3.05) is 31.2 Å². The maximum Gasteiger partial charge on any atom is 0.110 e. The Morgan fingerprint density at radius 3 is 2.63 bits per heavy atom. The van der Waals surface area contributed by atoms with Gasteiger partial charge in [-0.05, 0) is 36.1 Å². The van der Waals surface area contributed by atoms with Crippen molar-refractivity contribution in [3.63, 3.8) is 0 Å². The molecule has 4 nitrogen and oxygen atoms in total. The SMILES string of the molecule is Cc1csc([C@H](Cc2cccs2)NCc2ccc(N3CCOCC3)cc2)n1. The van der Waals surface area contributed by atoms with Gasteiger partial charge in [0.2, 0.25) is 0 Å². The molecule has 1 atom stereocenters. The van der Waals surface area contributed by atoms with E-state index in [-0.39, 0.29) is 6.04 Å². The highest BCUT2D eigenvalue weighted by molar-refractivity contribution is 7.10. The highest BCUT2D eigenvalue weighted by Gasteiger charge is 2.16. The number of anilines is 1. The molecule has 1 N–H and O–H groups in total. The third kappa shape index (κ3) is 4.96. The van der Waals surface area contributed by atoms with E-state index in [0.29, 0.717) is 0 Å². The molecule has 0 unspecified atom stereocenters. The van der Waals surface area contributed by atoms with E-state index < -0.39 is 0 Å². The van der Waals surface area contributed by atoms with Gasteiger partial charge in [-0.3, -0.25) is 0 Å². The zero-order chi connectivity index (χ0) is 18.5. The molecule has 1 fully saturated rings. The Bertz CT molecular complexity index is 824. The first-order valence-corrected chi connectivity index (χ1v) is 11.1. The van der Waals surface area contributed by atoms with Gasteiger partial charge in [-0.1, -0.05) is 18.2 Å². The molecule has 0 saturated carbocycles. The maximum atomic E-state index is 5.44. The number of morpholine rings is 1. The number of hydrogen-bond donors (Lipinski definition) is 1. The average molecular weight is 400 g/mol. The monoisotopic (exact) mass is 399 g/mol. The molecular formula is C21H25N3OS2. The number of thiophene rings is 1. The third-order valence-electron chi connectivity index (χ3n) is 4.79. The van der Waals surface area contributed by atoms with Crippen molar-refractivity contribution in [3.05, 3.63) is 68.3 Å². The Labute approximate surface area is 168 Å². The molecule has 0 radical (unpaired) electrons. The number of nitrogens with zero attached hydrogens (tertiary/aromatic N) is 2. The van der Waals surface area contributed by atoms with Gasteiger partial charge < -0.3 is 15.0 Å². The number of aromatic nitrogens is 1. The summed E-state index contributed by atoms with van der Waals surface area (Å²) >= 11 is 3.56.